The minimum atomic E-state index is -0.301. The smallest absolute Gasteiger partial charge is 0.0630 e. The zero-order valence-electron chi connectivity index (χ0n) is 9.07. The van der Waals surface area contributed by atoms with Crippen molar-refractivity contribution in [2.45, 2.75) is 13.0 Å². The van der Waals surface area contributed by atoms with Crippen molar-refractivity contribution in [3.8, 4) is 0 Å². The number of benzene rings is 1. The van der Waals surface area contributed by atoms with Crippen molar-refractivity contribution in [1.29, 1.82) is 0 Å². The van der Waals surface area contributed by atoms with Gasteiger partial charge in [-0.15, -0.1) is 4.48 Å². The van der Waals surface area contributed by atoms with Gasteiger partial charge >= 0.3 is 0 Å². The van der Waals surface area contributed by atoms with Crippen LogP contribution >= 0.6 is 0 Å². The van der Waals surface area contributed by atoms with Gasteiger partial charge in [-0.25, -0.2) is 0 Å². The number of nitrogens with one attached hydrogen (secondary N) is 1. The first-order valence-electron chi connectivity index (χ1n) is 5.13. The summed E-state index contributed by atoms with van der Waals surface area (Å²) in [6.45, 7) is 5.45. The molecule has 3 heteroatoms. The molecule has 1 aromatic carbocycles. The summed E-state index contributed by atoms with van der Waals surface area (Å²) >= 11 is 0. The maximum atomic E-state index is 12.3. The van der Waals surface area contributed by atoms with Crippen LogP contribution in [-0.4, -0.2) is 4.98 Å². The van der Waals surface area contributed by atoms with Gasteiger partial charge in [-0.2, -0.15) is 5.54 Å². The highest BCUT2D eigenvalue weighted by Gasteiger charge is 2.05. The third-order valence-electron chi connectivity index (χ3n) is 2.64. The van der Waals surface area contributed by atoms with Gasteiger partial charge in [0.25, 0.3) is 0 Å². The van der Waals surface area contributed by atoms with E-state index in [4.69, 9.17) is 0 Å². The summed E-state index contributed by atoms with van der Waals surface area (Å²) in [7, 11) is 0. The SMILES string of the molecule is C=Cc1cc2cc(C(C)NF)ccc2cn1. The highest BCUT2D eigenvalue weighted by atomic mass is 19.2. The first-order chi connectivity index (χ1) is 7.74. The van der Waals surface area contributed by atoms with E-state index in [1.165, 1.54) is 0 Å². The molecule has 0 aliphatic heterocycles. The Morgan fingerprint density at radius 2 is 2.19 bits per heavy atom. The molecule has 0 amide bonds. The topological polar surface area (TPSA) is 24.9 Å². The number of aromatic nitrogens is 1. The van der Waals surface area contributed by atoms with E-state index in [1.54, 1.807) is 24.7 Å². The van der Waals surface area contributed by atoms with Gasteiger partial charge in [0.2, 0.25) is 0 Å². The normalized spacial score (nSPS) is 12.6. The zero-order valence-corrected chi connectivity index (χ0v) is 9.07. The van der Waals surface area contributed by atoms with Crippen molar-refractivity contribution in [3.63, 3.8) is 0 Å². The molecule has 1 unspecified atom stereocenters. The lowest BCUT2D eigenvalue weighted by Gasteiger charge is -2.09. The van der Waals surface area contributed by atoms with E-state index in [9.17, 15) is 4.48 Å². The lowest BCUT2D eigenvalue weighted by molar-refractivity contribution is 0.285. The van der Waals surface area contributed by atoms with Crippen LogP contribution in [0.1, 0.15) is 24.2 Å². The third kappa shape index (κ3) is 1.95. The number of hydrogen-bond acceptors (Lipinski definition) is 2. The van der Waals surface area contributed by atoms with Crippen molar-refractivity contribution in [2.24, 2.45) is 0 Å². The average molecular weight is 216 g/mol. The second-order valence-electron chi connectivity index (χ2n) is 3.75. The molecule has 2 rings (SSSR count). The molecular formula is C13H13FN2. The molecule has 1 heterocycles. The molecule has 0 spiro atoms. The maximum Gasteiger partial charge on any atom is 0.0630 e. The summed E-state index contributed by atoms with van der Waals surface area (Å²) in [6, 6.07) is 7.44. The maximum absolute atomic E-state index is 12.3. The van der Waals surface area contributed by atoms with Crippen LogP contribution in [0.15, 0.2) is 37.0 Å². The fraction of sp³-hybridized carbons (Fsp3) is 0.154. The standard InChI is InChI=1S/C13H13FN2/c1-3-13-7-12-6-10(9(2)16-14)4-5-11(12)8-15-13/h3-9,16H,1H2,2H3. The molecular weight excluding hydrogens is 203 g/mol. The van der Waals surface area contributed by atoms with Crippen LogP contribution in [0, 0.1) is 0 Å². The number of nitrogens with zero attached hydrogens (tertiary/aromatic N) is 1. The first-order valence-corrected chi connectivity index (χ1v) is 5.13. The predicted molar refractivity (Wildman–Crippen MR) is 64.5 cm³/mol. The molecule has 16 heavy (non-hydrogen) atoms. The lowest BCUT2D eigenvalue weighted by atomic mass is 10.0. The highest BCUT2D eigenvalue weighted by Crippen LogP contribution is 2.20. The van der Waals surface area contributed by atoms with Crippen LogP contribution in [0.25, 0.3) is 16.8 Å². The molecule has 0 saturated carbocycles. The first kappa shape index (κ1) is 10.8. The Kier molecular flexibility index (Phi) is 2.97. The minimum Gasteiger partial charge on any atom is -0.256 e. The van der Waals surface area contributed by atoms with Crippen molar-refractivity contribution in [3.05, 3.63) is 48.3 Å². The quantitative estimate of drug-likeness (QED) is 0.795. The molecule has 0 bridgehead atoms. The molecule has 2 aromatic rings. The van der Waals surface area contributed by atoms with Gasteiger partial charge in [0, 0.05) is 11.6 Å². The summed E-state index contributed by atoms with van der Waals surface area (Å²) in [4.78, 5) is 4.21. The second kappa shape index (κ2) is 4.41. The molecule has 0 aliphatic carbocycles. The van der Waals surface area contributed by atoms with Crippen molar-refractivity contribution >= 4 is 16.8 Å². The summed E-state index contributed by atoms with van der Waals surface area (Å²) < 4.78 is 12.3. The fourth-order valence-electron chi connectivity index (χ4n) is 1.62. The molecule has 0 aliphatic rings. The van der Waals surface area contributed by atoms with Crippen molar-refractivity contribution in [1.82, 2.24) is 10.5 Å². The Morgan fingerprint density at radius 3 is 2.88 bits per heavy atom. The molecule has 2 nitrogen and oxygen atoms in total. The van der Waals surface area contributed by atoms with Crippen LogP contribution in [0.5, 0.6) is 0 Å². The fourth-order valence-corrected chi connectivity index (χ4v) is 1.62. The Morgan fingerprint density at radius 1 is 1.38 bits per heavy atom. The van der Waals surface area contributed by atoms with Gasteiger partial charge in [0.1, 0.15) is 0 Å². The van der Waals surface area contributed by atoms with Gasteiger partial charge in [-0.1, -0.05) is 18.7 Å². The molecule has 1 aromatic heterocycles. The Bertz CT molecular complexity index is 522. The van der Waals surface area contributed by atoms with Gasteiger partial charge in [0.05, 0.1) is 11.7 Å². The lowest BCUT2D eigenvalue weighted by Crippen LogP contribution is -2.07. The summed E-state index contributed by atoms with van der Waals surface area (Å²) in [5.41, 5.74) is 3.48. The number of rotatable bonds is 3. The molecule has 0 radical (unpaired) electrons. The van der Waals surface area contributed by atoms with Gasteiger partial charge in [-0.05, 0) is 36.1 Å². The van der Waals surface area contributed by atoms with E-state index < -0.39 is 0 Å². The summed E-state index contributed by atoms with van der Waals surface area (Å²) in [5, 5.41) is 2.09. The van der Waals surface area contributed by atoms with E-state index in [0.29, 0.717) is 0 Å². The van der Waals surface area contributed by atoms with E-state index in [1.807, 2.05) is 24.3 Å². The number of halogens is 1. The second-order valence-corrected chi connectivity index (χ2v) is 3.75. The van der Waals surface area contributed by atoms with E-state index >= 15 is 0 Å². The summed E-state index contributed by atoms with van der Waals surface area (Å²) in [6.07, 6.45) is 3.49. The molecule has 82 valence electrons. The van der Waals surface area contributed by atoms with E-state index in [0.717, 1.165) is 22.0 Å². The molecule has 1 N–H and O–H groups in total. The van der Waals surface area contributed by atoms with Crippen molar-refractivity contribution < 1.29 is 4.48 Å². The third-order valence-corrected chi connectivity index (χ3v) is 2.64. The van der Waals surface area contributed by atoms with Crippen LogP contribution in [0.2, 0.25) is 0 Å². The average Bonchev–Trinajstić information content (AvgIpc) is 2.36. The number of pyridine rings is 1. The monoisotopic (exact) mass is 216 g/mol. The van der Waals surface area contributed by atoms with Gasteiger partial charge in [-0.3, -0.25) is 4.98 Å². The van der Waals surface area contributed by atoms with Crippen LogP contribution in [-0.2, 0) is 0 Å². The number of fused-ring (bicyclic) bond motifs is 1. The zero-order chi connectivity index (χ0) is 11.5. The van der Waals surface area contributed by atoms with Crippen molar-refractivity contribution in [2.75, 3.05) is 0 Å². The van der Waals surface area contributed by atoms with Crippen LogP contribution in [0.3, 0.4) is 0 Å². The summed E-state index contributed by atoms with van der Waals surface area (Å²) in [5.74, 6) is 0. The Hall–Kier alpha value is -1.74. The van der Waals surface area contributed by atoms with Crippen LogP contribution in [0.4, 0.5) is 4.48 Å². The van der Waals surface area contributed by atoms with E-state index in [-0.39, 0.29) is 6.04 Å². The Labute approximate surface area is 93.8 Å². The minimum absolute atomic E-state index is 0.301. The molecule has 0 saturated heterocycles. The van der Waals surface area contributed by atoms with Gasteiger partial charge < -0.3 is 0 Å². The predicted octanol–water partition coefficient (Wildman–Crippen LogP) is 3.41. The van der Waals surface area contributed by atoms with Gasteiger partial charge in [0.15, 0.2) is 0 Å². The number of hydrogen-bond donors (Lipinski definition) is 1. The highest BCUT2D eigenvalue weighted by molar-refractivity contribution is 5.83. The van der Waals surface area contributed by atoms with E-state index in [2.05, 4.69) is 11.6 Å². The molecule has 0 fully saturated rings. The molecule has 1 atom stereocenters. The van der Waals surface area contributed by atoms with Crippen LogP contribution < -0.4 is 5.54 Å². The Balaban J connectivity index is 2.54. The largest absolute Gasteiger partial charge is 0.256 e.